The number of nitriles is 1. The summed E-state index contributed by atoms with van der Waals surface area (Å²) in [5, 5.41) is 14.8. The van der Waals surface area contributed by atoms with Crippen molar-refractivity contribution < 1.29 is 9.53 Å². The molecule has 29 heavy (non-hydrogen) atoms. The van der Waals surface area contributed by atoms with Crippen molar-refractivity contribution >= 4 is 34.0 Å². The van der Waals surface area contributed by atoms with E-state index in [4.69, 9.17) is 4.74 Å². The molecule has 1 amide bonds. The summed E-state index contributed by atoms with van der Waals surface area (Å²) < 4.78 is 7.15. The third-order valence-corrected chi connectivity index (χ3v) is 5.73. The number of carbonyl (C=O) groups is 1. The summed E-state index contributed by atoms with van der Waals surface area (Å²) in [4.78, 5) is 20.4. The number of rotatable bonds is 4. The van der Waals surface area contributed by atoms with Crippen LogP contribution in [0.4, 0.5) is 5.82 Å². The molecule has 1 aromatic carbocycles. The number of hydrogen-bond acceptors (Lipinski definition) is 5. The SMILES string of the molecule is COc1ccc2cc(NC(=O)c3cc(C)n(-c4sc(C)nc4C#N)c3C)[nH]c2c1. The zero-order chi connectivity index (χ0) is 20.7. The van der Waals surface area contributed by atoms with Gasteiger partial charge in [-0.2, -0.15) is 5.26 Å². The van der Waals surface area contributed by atoms with E-state index in [9.17, 15) is 10.1 Å². The standard InChI is InChI=1S/C21H19N5O2S/c1-11-7-16(12(2)26(11)21-18(10-22)23-13(3)29-21)20(27)25-19-8-14-5-6-15(28-4)9-17(14)24-19/h5-9,24H,1-4H3,(H,25,27). The van der Waals surface area contributed by atoms with Gasteiger partial charge in [-0.05, 0) is 45.0 Å². The third kappa shape index (κ3) is 3.26. The van der Waals surface area contributed by atoms with Gasteiger partial charge in [0.15, 0.2) is 5.69 Å². The predicted molar refractivity (Wildman–Crippen MR) is 113 cm³/mol. The molecule has 146 valence electrons. The van der Waals surface area contributed by atoms with Crippen LogP contribution in [0.1, 0.15) is 32.4 Å². The summed E-state index contributed by atoms with van der Waals surface area (Å²) in [5.41, 5.74) is 3.43. The van der Waals surface area contributed by atoms with E-state index in [1.165, 1.54) is 11.3 Å². The molecule has 0 aliphatic heterocycles. The highest BCUT2D eigenvalue weighted by atomic mass is 32.1. The van der Waals surface area contributed by atoms with Crippen molar-refractivity contribution in [3.8, 4) is 16.8 Å². The number of benzene rings is 1. The van der Waals surface area contributed by atoms with Gasteiger partial charge in [0.05, 0.1) is 23.2 Å². The molecule has 0 saturated heterocycles. The normalized spacial score (nSPS) is 10.9. The zero-order valence-electron chi connectivity index (χ0n) is 16.5. The summed E-state index contributed by atoms with van der Waals surface area (Å²) in [7, 11) is 1.62. The van der Waals surface area contributed by atoms with Gasteiger partial charge in [-0.25, -0.2) is 4.98 Å². The van der Waals surface area contributed by atoms with Crippen molar-refractivity contribution in [3.05, 3.63) is 58.0 Å². The molecule has 0 aliphatic rings. The van der Waals surface area contributed by atoms with Gasteiger partial charge < -0.3 is 19.6 Å². The maximum absolute atomic E-state index is 12.9. The minimum absolute atomic E-state index is 0.220. The Hall–Kier alpha value is -3.57. The first-order valence-corrected chi connectivity index (χ1v) is 9.78. The predicted octanol–water partition coefficient (Wildman–Crippen LogP) is 4.47. The van der Waals surface area contributed by atoms with Crippen LogP contribution < -0.4 is 10.1 Å². The second-order valence-electron chi connectivity index (χ2n) is 6.71. The van der Waals surface area contributed by atoms with E-state index in [0.717, 1.165) is 38.0 Å². The number of nitrogens with zero attached hydrogens (tertiary/aromatic N) is 3. The third-order valence-electron chi connectivity index (χ3n) is 4.78. The molecule has 2 N–H and O–H groups in total. The van der Waals surface area contributed by atoms with Crippen LogP contribution in [0.25, 0.3) is 15.9 Å². The molecule has 0 unspecified atom stereocenters. The zero-order valence-corrected chi connectivity index (χ0v) is 17.3. The van der Waals surface area contributed by atoms with Crippen LogP contribution in [0.15, 0.2) is 30.3 Å². The Morgan fingerprint density at radius 2 is 2.07 bits per heavy atom. The van der Waals surface area contributed by atoms with Crippen molar-refractivity contribution in [2.75, 3.05) is 12.4 Å². The van der Waals surface area contributed by atoms with Crippen molar-refractivity contribution in [2.24, 2.45) is 0 Å². The van der Waals surface area contributed by atoms with Gasteiger partial charge in [0.25, 0.3) is 5.91 Å². The molecule has 4 aromatic rings. The largest absolute Gasteiger partial charge is 0.497 e. The number of methoxy groups -OCH3 is 1. The Morgan fingerprint density at radius 1 is 1.28 bits per heavy atom. The molecule has 3 aromatic heterocycles. The average molecular weight is 405 g/mol. The minimum atomic E-state index is -0.220. The van der Waals surface area contributed by atoms with Crippen molar-refractivity contribution in [1.82, 2.24) is 14.5 Å². The van der Waals surface area contributed by atoms with Gasteiger partial charge in [0.1, 0.15) is 22.6 Å². The lowest BCUT2D eigenvalue weighted by Crippen LogP contribution is -2.13. The van der Waals surface area contributed by atoms with Crippen molar-refractivity contribution in [2.45, 2.75) is 20.8 Å². The van der Waals surface area contributed by atoms with E-state index >= 15 is 0 Å². The number of aromatic amines is 1. The number of thiazole rings is 1. The molecule has 4 rings (SSSR count). The number of anilines is 1. The first-order chi connectivity index (χ1) is 13.9. The molecule has 0 aliphatic carbocycles. The Kier molecular flexibility index (Phi) is 4.60. The van der Waals surface area contributed by atoms with Gasteiger partial charge in [-0.15, -0.1) is 0 Å². The average Bonchev–Trinajstić information content (AvgIpc) is 3.35. The lowest BCUT2D eigenvalue weighted by molar-refractivity contribution is 0.102. The van der Waals surface area contributed by atoms with Gasteiger partial charge >= 0.3 is 0 Å². The van der Waals surface area contributed by atoms with E-state index in [-0.39, 0.29) is 5.91 Å². The molecule has 0 saturated carbocycles. The summed E-state index contributed by atoms with van der Waals surface area (Å²) in [6, 6.07) is 11.5. The van der Waals surface area contributed by atoms with Crippen LogP contribution >= 0.6 is 11.3 Å². The maximum Gasteiger partial charge on any atom is 0.258 e. The first kappa shape index (κ1) is 18.8. The number of fused-ring (bicyclic) bond motifs is 1. The number of hydrogen-bond donors (Lipinski definition) is 2. The van der Waals surface area contributed by atoms with Crippen LogP contribution in [-0.4, -0.2) is 27.6 Å². The van der Waals surface area contributed by atoms with Gasteiger partial charge in [0.2, 0.25) is 0 Å². The highest BCUT2D eigenvalue weighted by molar-refractivity contribution is 7.14. The van der Waals surface area contributed by atoms with Crippen molar-refractivity contribution in [1.29, 1.82) is 5.26 Å². The molecule has 0 spiro atoms. The van der Waals surface area contributed by atoms with Crippen LogP contribution in [0.5, 0.6) is 5.75 Å². The number of amides is 1. The highest BCUT2D eigenvalue weighted by Crippen LogP contribution is 2.29. The summed E-state index contributed by atoms with van der Waals surface area (Å²) in [5.74, 6) is 1.13. The fourth-order valence-corrected chi connectivity index (χ4v) is 4.41. The van der Waals surface area contributed by atoms with Crippen molar-refractivity contribution in [3.63, 3.8) is 0 Å². The Balaban J connectivity index is 1.67. The van der Waals surface area contributed by atoms with Crippen LogP contribution in [0.3, 0.4) is 0 Å². The second-order valence-corrected chi connectivity index (χ2v) is 7.89. The molecule has 0 fully saturated rings. The summed E-state index contributed by atoms with van der Waals surface area (Å²) in [6.45, 7) is 5.64. The number of nitrogens with one attached hydrogen (secondary N) is 2. The van der Waals surface area contributed by atoms with E-state index < -0.39 is 0 Å². The van der Waals surface area contributed by atoms with Gasteiger partial charge in [-0.1, -0.05) is 11.3 Å². The maximum atomic E-state index is 12.9. The molecule has 3 heterocycles. The lowest BCUT2D eigenvalue weighted by Gasteiger charge is -2.07. The monoisotopic (exact) mass is 405 g/mol. The number of aromatic nitrogens is 3. The Bertz CT molecular complexity index is 1290. The second kappa shape index (κ2) is 7.11. The molecular weight excluding hydrogens is 386 g/mol. The summed E-state index contributed by atoms with van der Waals surface area (Å²) in [6.07, 6.45) is 0. The fourth-order valence-electron chi connectivity index (χ4n) is 3.44. The van der Waals surface area contributed by atoms with E-state index in [1.807, 2.05) is 55.7 Å². The minimum Gasteiger partial charge on any atom is -0.497 e. The molecule has 0 radical (unpaired) electrons. The highest BCUT2D eigenvalue weighted by Gasteiger charge is 2.21. The topological polar surface area (TPSA) is 95.7 Å². The molecule has 7 nitrogen and oxygen atoms in total. The van der Waals surface area contributed by atoms with Crippen LogP contribution in [-0.2, 0) is 0 Å². The molecule has 0 atom stereocenters. The molecular formula is C21H19N5O2S. The van der Waals surface area contributed by atoms with Gasteiger partial charge in [-0.3, -0.25) is 4.79 Å². The Labute approximate surface area is 171 Å². The Morgan fingerprint density at radius 3 is 2.79 bits per heavy atom. The first-order valence-electron chi connectivity index (χ1n) is 8.96. The molecule has 8 heteroatoms. The fraction of sp³-hybridized carbons (Fsp3) is 0.190. The van der Waals surface area contributed by atoms with E-state index in [0.29, 0.717) is 17.1 Å². The molecule has 0 bridgehead atoms. The number of aryl methyl sites for hydroxylation is 2. The number of carbonyl (C=O) groups excluding carboxylic acids is 1. The van der Waals surface area contributed by atoms with E-state index in [2.05, 4.69) is 21.4 Å². The van der Waals surface area contributed by atoms with Gasteiger partial charge in [0, 0.05) is 22.8 Å². The summed E-state index contributed by atoms with van der Waals surface area (Å²) >= 11 is 1.44. The quantitative estimate of drug-likeness (QED) is 0.523. The van der Waals surface area contributed by atoms with E-state index in [1.54, 1.807) is 7.11 Å². The number of H-pyrrole nitrogens is 1. The van der Waals surface area contributed by atoms with Crippen LogP contribution in [0.2, 0.25) is 0 Å². The lowest BCUT2D eigenvalue weighted by atomic mass is 10.2. The van der Waals surface area contributed by atoms with Crippen LogP contribution in [0, 0.1) is 32.1 Å². The smallest absolute Gasteiger partial charge is 0.258 e. The number of ether oxygens (including phenoxy) is 1.